The van der Waals surface area contributed by atoms with E-state index in [0.717, 1.165) is 10.1 Å². The van der Waals surface area contributed by atoms with E-state index in [1.807, 2.05) is 13.0 Å². The van der Waals surface area contributed by atoms with Crippen LogP contribution in [0.5, 0.6) is 5.75 Å². The highest BCUT2D eigenvalue weighted by Crippen LogP contribution is 2.26. The van der Waals surface area contributed by atoms with Gasteiger partial charge in [0, 0.05) is 19.2 Å². The van der Waals surface area contributed by atoms with Crippen molar-refractivity contribution in [3.05, 3.63) is 57.7 Å². The lowest BCUT2D eigenvalue weighted by molar-refractivity contribution is -0.119. The second-order valence-electron chi connectivity index (χ2n) is 5.85. The lowest BCUT2D eigenvalue weighted by atomic mass is 10.2. The Morgan fingerprint density at radius 3 is 2.85 bits per heavy atom. The highest BCUT2D eigenvalue weighted by Gasteiger charge is 2.11. The van der Waals surface area contributed by atoms with Crippen molar-refractivity contribution in [2.45, 2.75) is 20.5 Å². The zero-order valence-electron chi connectivity index (χ0n) is 14.7. The van der Waals surface area contributed by atoms with Crippen molar-refractivity contribution in [3.8, 4) is 5.75 Å². The Morgan fingerprint density at radius 2 is 2.08 bits per heavy atom. The lowest BCUT2D eigenvalue weighted by Gasteiger charge is -2.13. The van der Waals surface area contributed by atoms with Crippen LogP contribution in [-0.2, 0) is 16.1 Å². The Bertz CT molecular complexity index is 1010. The smallest absolute Gasteiger partial charge is 0.287 e. The first-order valence-electron chi connectivity index (χ1n) is 7.98. The molecule has 0 unspecified atom stereocenters. The van der Waals surface area contributed by atoms with Gasteiger partial charge in [-0.25, -0.2) is 4.98 Å². The van der Waals surface area contributed by atoms with Crippen molar-refractivity contribution in [1.82, 2.24) is 9.56 Å². The summed E-state index contributed by atoms with van der Waals surface area (Å²) >= 11 is 0. The Morgan fingerprint density at radius 1 is 1.27 bits per heavy atom. The third-order valence-corrected chi connectivity index (χ3v) is 3.58. The molecule has 0 aliphatic carbocycles. The molecule has 0 saturated heterocycles. The van der Waals surface area contributed by atoms with Gasteiger partial charge in [-0.2, -0.15) is 0 Å². The summed E-state index contributed by atoms with van der Waals surface area (Å²) in [7, 11) is 1.45. The van der Waals surface area contributed by atoms with Crippen molar-refractivity contribution >= 4 is 17.2 Å². The number of nitrogens with zero attached hydrogens (tertiary/aromatic N) is 2. The number of hydrogen-bond acceptors (Lipinski definition) is 6. The second kappa shape index (κ2) is 7.40. The van der Waals surface area contributed by atoms with Gasteiger partial charge in [0.05, 0.1) is 11.4 Å². The third-order valence-electron chi connectivity index (χ3n) is 3.58. The molecular formula is C18H19N3O5. The largest absolute Gasteiger partial charge is 0.485 e. The number of anilines is 1. The topological polar surface area (TPSA) is 95.1 Å². The van der Waals surface area contributed by atoms with Gasteiger partial charge in [0.15, 0.2) is 5.65 Å². The number of aryl methyl sites for hydroxylation is 2. The molecule has 0 radical (unpaired) electrons. The molecule has 0 aliphatic rings. The van der Waals surface area contributed by atoms with Gasteiger partial charge >= 0.3 is 0 Å². The van der Waals surface area contributed by atoms with Crippen molar-refractivity contribution in [2.75, 3.05) is 19.0 Å². The van der Waals surface area contributed by atoms with E-state index >= 15 is 0 Å². The maximum absolute atomic E-state index is 12.1. The van der Waals surface area contributed by atoms with E-state index in [2.05, 4.69) is 10.3 Å². The number of fused-ring (bicyclic) bond motifs is 1. The molecule has 8 nitrogen and oxygen atoms in total. The summed E-state index contributed by atoms with van der Waals surface area (Å²) in [5, 5.41) is 2.74. The second-order valence-corrected chi connectivity index (χ2v) is 5.85. The normalized spacial score (nSPS) is 10.9. The molecule has 1 aromatic carbocycles. The number of nitrogens with one attached hydrogen (secondary N) is 1. The summed E-state index contributed by atoms with van der Waals surface area (Å²) in [5.74, 6) is 0.786. The number of aromatic nitrogens is 2. The number of benzene rings is 1. The molecule has 26 heavy (non-hydrogen) atoms. The molecule has 1 amide bonds. The minimum absolute atomic E-state index is 0.0534. The van der Waals surface area contributed by atoms with Crippen LogP contribution in [0.3, 0.4) is 0 Å². The molecule has 1 N–H and O–H groups in total. The number of carbonyl (C=O) groups excluding carboxylic acids is 1. The van der Waals surface area contributed by atoms with Crippen molar-refractivity contribution in [1.29, 1.82) is 0 Å². The van der Waals surface area contributed by atoms with Crippen LogP contribution in [-0.4, -0.2) is 29.2 Å². The Labute approximate surface area is 149 Å². The van der Waals surface area contributed by atoms with Crippen molar-refractivity contribution < 1.29 is 18.8 Å². The molecule has 3 rings (SSSR count). The fourth-order valence-electron chi connectivity index (χ4n) is 2.48. The highest BCUT2D eigenvalue weighted by atomic mass is 16.5. The van der Waals surface area contributed by atoms with Crippen LogP contribution in [0, 0.1) is 13.8 Å². The van der Waals surface area contributed by atoms with E-state index in [4.69, 9.17) is 14.0 Å². The monoisotopic (exact) mass is 357 g/mol. The standard InChI is InChI=1S/C18H19N3O5/c1-11-4-5-15(14(6-11)20-17(22)10-24-3)25-9-13-8-18(23)21-16(19-13)7-12(2)26-21/h4-8H,9-10H2,1-3H3,(H,20,22). The van der Waals surface area contributed by atoms with Crippen LogP contribution in [0.15, 0.2) is 39.6 Å². The quantitative estimate of drug-likeness (QED) is 0.726. The molecule has 3 aromatic rings. The van der Waals surface area contributed by atoms with Crippen LogP contribution in [0.25, 0.3) is 5.65 Å². The van der Waals surface area contributed by atoms with Crippen LogP contribution < -0.4 is 15.6 Å². The summed E-state index contributed by atoms with van der Waals surface area (Å²) in [5.41, 5.74) is 2.07. The molecule has 0 spiro atoms. The molecule has 0 bridgehead atoms. The van der Waals surface area contributed by atoms with E-state index < -0.39 is 0 Å². The summed E-state index contributed by atoms with van der Waals surface area (Å²) in [6, 6.07) is 8.45. The van der Waals surface area contributed by atoms with Gasteiger partial charge < -0.3 is 19.3 Å². The fraction of sp³-hybridized carbons (Fsp3) is 0.278. The van der Waals surface area contributed by atoms with Gasteiger partial charge in [0.1, 0.15) is 24.7 Å². The van der Waals surface area contributed by atoms with Gasteiger partial charge in [-0.3, -0.25) is 9.59 Å². The average molecular weight is 357 g/mol. The molecule has 2 aromatic heterocycles. The summed E-state index contributed by atoms with van der Waals surface area (Å²) < 4.78 is 17.0. The molecule has 0 fully saturated rings. The van der Waals surface area contributed by atoms with Gasteiger partial charge in [-0.1, -0.05) is 6.07 Å². The predicted octanol–water partition coefficient (Wildman–Crippen LogP) is 2.07. The minimum Gasteiger partial charge on any atom is -0.485 e. The molecule has 0 atom stereocenters. The van der Waals surface area contributed by atoms with E-state index in [0.29, 0.717) is 28.5 Å². The van der Waals surface area contributed by atoms with E-state index in [9.17, 15) is 9.59 Å². The molecule has 0 aliphatic heterocycles. The molecule has 0 saturated carbocycles. The maximum atomic E-state index is 12.1. The number of hydrogen-bond donors (Lipinski definition) is 1. The minimum atomic E-state index is -0.320. The first-order valence-corrected chi connectivity index (χ1v) is 7.98. The predicted molar refractivity (Wildman–Crippen MR) is 94.5 cm³/mol. The highest BCUT2D eigenvalue weighted by molar-refractivity contribution is 5.93. The van der Waals surface area contributed by atoms with Gasteiger partial charge in [0.25, 0.3) is 5.56 Å². The van der Waals surface area contributed by atoms with Crippen molar-refractivity contribution in [3.63, 3.8) is 0 Å². The first-order chi connectivity index (χ1) is 12.5. The van der Waals surface area contributed by atoms with Crippen LogP contribution in [0.2, 0.25) is 0 Å². The number of methoxy groups -OCH3 is 1. The SMILES string of the molecule is COCC(=O)Nc1cc(C)ccc1OCc1cc(=O)n2oc(C)cc2n1. The zero-order valence-corrected chi connectivity index (χ0v) is 14.7. The molecule has 2 heterocycles. The fourth-order valence-corrected chi connectivity index (χ4v) is 2.48. The number of carbonyl (C=O) groups is 1. The van der Waals surface area contributed by atoms with E-state index in [1.54, 1.807) is 25.1 Å². The van der Waals surface area contributed by atoms with Crippen LogP contribution in [0.1, 0.15) is 17.0 Å². The first kappa shape index (κ1) is 17.7. The van der Waals surface area contributed by atoms with Crippen LogP contribution in [0.4, 0.5) is 5.69 Å². The summed E-state index contributed by atoms with van der Waals surface area (Å²) in [6.45, 7) is 3.67. The number of rotatable bonds is 6. The zero-order chi connectivity index (χ0) is 18.7. The lowest BCUT2D eigenvalue weighted by Crippen LogP contribution is -2.18. The Kier molecular flexibility index (Phi) is 5.04. The van der Waals surface area contributed by atoms with Gasteiger partial charge in [-0.05, 0) is 31.5 Å². The molecule has 8 heteroatoms. The molecular weight excluding hydrogens is 338 g/mol. The number of ether oxygens (including phenoxy) is 2. The van der Waals surface area contributed by atoms with Crippen LogP contribution >= 0.6 is 0 Å². The Balaban J connectivity index is 1.81. The molecule has 136 valence electrons. The third kappa shape index (κ3) is 3.92. The van der Waals surface area contributed by atoms with Gasteiger partial charge in [0.2, 0.25) is 5.91 Å². The van der Waals surface area contributed by atoms with Crippen molar-refractivity contribution in [2.24, 2.45) is 0 Å². The number of amides is 1. The Hall–Kier alpha value is -3.13. The average Bonchev–Trinajstić information content (AvgIpc) is 2.95. The summed E-state index contributed by atoms with van der Waals surface area (Å²) in [6.07, 6.45) is 0. The summed E-state index contributed by atoms with van der Waals surface area (Å²) in [4.78, 5) is 28.2. The maximum Gasteiger partial charge on any atom is 0.287 e. The van der Waals surface area contributed by atoms with E-state index in [-0.39, 0.29) is 24.7 Å². The van der Waals surface area contributed by atoms with E-state index in [1.165, 1.54) is 13.2 Å². The van der Waals surface area contributed by atoms with Gasteiger partial charge in [-0.15, -0.1) is 4.57 Å².